The lowest BCUT2D eigenvalue weighted by Gasteiger charge is -2.11. The number of nitrogens with one attached hydrogen (secondary N) is 1. The van der Waals surface area contributed by atoms with Gasteiger partial charge >= 0.3 is 6.18 Å². The van der Waals surface area contributed by atoms with Crippen molar-refractivity contribution < 1.29 is 18.0 Å². The summed E-state index contributed by atoms with van der Waals surface area (Å²) >= 11 is 5.64. The van der Waals surface area contributed by atoms with Gasteiger partial charge in [-0.15, -0.1) is 0 Å². The highest BCUT2D eigenvalue weighted by Crippen LogP contribution is 2.33. The highest BCUT2D eigenvalue weighted by atomic mass is 35.5. The number of nitrogen functional groups attached to an aromatic ring is 1. The van der Waals surface area contributed by atoms with Crippen molar-refractivity contribution in [2.24, 2.45) is 0 Å². The van der Waals surface area contributed by atoms with Crippen LogP contribution in [0.3, 0.4) is 0 Å². The van der Waals surface area contributed by atoms with Crippen molar-refractivity contribution >= 4 is 28.9 Å². The maximum absolute atomic E-state index is 12.7. The summed E-state index contributed by atoms with van der Waals surface area (Å²) in [5.41, 5.74) is 5.05. The number of para-hydroxylation sites is 1. The van der Waals surface area contributed by atoms with E-state index < -0.39 is 17.6 Å². The van der Waals surface area contributed by atoms with Crippen molar-refractivity contribution in [3.8, 4) is 0 Å². The fraction of sp³-hybridized carbons (Fsp3) is 0.0714. The van der Waals surface area contributed by atoms with E-state index in [0.29, 0.717) is 0 Å². The molecule has 0 aliphatic rings. The van der Waals surface area contributed by atoms with E-state index >= 15 is 0 Å². The van der Waals surface area contributed by atoms with Gasteiger partial charge < -0.3 is 11.1 Å². The Morgan fingerprint density at radius 3 is 2.43 bits per heavy atom. The molecule has 0 bridgehead atoms. The molecule has 3 N–H and O–H groups in total. The number of halogens is 4. The second-order valence-corrected chi connectivity index (χ2v) is 4.70. The number of nitrogens with two attached hydrogens (primary N) is 1. The van der Waals surface area contributed by atoms with E-state index in [4.69, 9.17) is 17.3 Å². The zero-order valence-electron chi connectivity index (χ0n) is 10.5. The molecule has 0 aromatic heterocycles. The van der Waals surface area contributed by atoms with Gasteiger partial charge in [-0.3, -0.25) is 4.79 Å². The highest BCUT2D eigenvalue weighted by Gasteiger charge is 2.31. The van der Waals surface area contributed by atoms with Gasteiger partial charge in [0, 0.05) is 16.4 Å². The van der Waals surface area contributed by atoms with Crippen molar-refractivity contribution in [3.05, 3.63) is 58.6 Å². The number of anilines is 2. The summed E-state index contributed by atoms with van der Waals surface area (Å²) in [7, 11) is 0. The van der Waals surface area contributed by atoms with Gasteiger partial charge in [-0.1, -0.05) is 23.7 Å². The summed E-state index contributed by atoms with van der Waals surface area (Å²) in [4.78, 5) is 12.0. The minimum Gasteiger partial charge on any atom is -0.398 e. The average molecular weight is 315 g/mol. The van der Waals surface area contributed by atoms with Crippen LogP contribution < -0.4 is 11.1 Å². The maximum Gasteiger partial charge on any atom is 0.416 e. The molecule has 0 aliphatic carbocycles. The van der Waals surface area contributed by atoms with Crippen LogP contribution in [-0.4, -0.2) is 5.91 Å². The molecule has 0 saturated heterocycles. The SMILES string of the molecule is Nc1ccccc1C(=O)Nc1cc(Cl)cc(C(F)(F)F)c1. The van der Waals surface area contributed by atoms with E-state index in [9.17, 15) is 18.0 Å². The highest BCUT2D eigenvalue weighted by molar-refractivity contribution is 6.31. The van der Waals surface area contributed by atoms with Crippen molar-refractivity contribution in [3.63, 3.8) is 0 Å². The average Bonchev–Trinajstić information content (AvgIpc) is 2.37. The quantitative estimate of drug-likeness (QED) is 0.816. The Labute approximate surface area is 123 Å². The number of carbonyl (C=O) groups is 1. The second kappa shape index (κ2) is 5.65. The molecule has 0 spiro atoms. The summed E-state index contributed by atoms with van der Waals surface area (Å²) in [6.07, 6.45) is -4.55. The van der Waals surface area contributed by atoms with Crippen LogP contribution in [0.15, 0.2) is 42.5 Å². The second-order valence-electron chi connectivity index (χ2n) is 4.27. The maximum atomic E-state index is 12.7. The monoisotopic (exact) mass is 314 g/mol. The number of carbonyl (C=O) groups excluding carboxylic acids is 1. The normalized spacial score (nSPS) is 11.2. The summed E-state index contributed by atoms with van der Waals surface area (Å²) < 4.78 is 38.0. The Kier molecular flexibility index (Phi) is 4.09. The number of benzene rings is 2. The van der Waals surface area contributed by atoms with E-state index in [-0.39, 0.29) is 22.0 Å². The van der Waals surface area contributed by atoms with E-state index in [2.05, 4.69) is 5.32 Å². The standard InChI is InChI=1S/C14H10ClF3N2O/c15-9-5-8(14(16,17)18)6-10(7-9)20-13(21)11-3-1-2-4-12(11)19/h1-7H,19H2,(H,20,21). The third kappa shape index (κ3) is 3.66. The van der Waals surface area contributed by atoms with Gasteiger partial charge in [-0.2, -0.15) is 13.2 Å². The van der Waals surface area contributed by atoms with E-state index in [1.165, 1.54) is 18.2 Å². The summed E-state index contributed by atoms with van der Waals surface area (Å²) in [6.45, 7) is 0. The molecule has 0 atom stereocenters. The molecule has 0 aliphatic heterocycles. The van der Waals surface area contributed by atoms with Crippen molar-refractivity contribution in [1.29, 1.82) is 0 Å². The number of amides is 1. The van der Waals surface area contributed by atoms with Gasteiger partial charge in [0.25, 0.3) is 5.91 Å². The van der Waals surface area contributed by atoms with Crippen LogP contribution in [0.4, 0.5) is 24.5 Å². The fourth-order valence-corrected chi connectivity index (χ4v) is 1.96. The van der Waals surface area contributed by atoms with Crippen LogP contribution in [0.25, 0.3) is 0 Å². The molecule has 110 valence electrons. The molecule has 0 radical (unpaired) electrons. The van der Waals surface area contributed by atoms with Gasteiger partial charge in [0.2, 0.25) is 0 Å². The van der Waals surface area contributed by atoms with E-state index in [1.807, 2.05) is 0 Å². The van der Waals surface area contributed by atoms with Crippen LogP contribution in [0, 0.1) is 0 Å². The molecule has 0 unspecified atom stereocenters. The molecular formula is C14H10ClF3N2O. The van der Waals surface area contributed by atoms with Crippen molar-refractivity contribution in [2.45, 2.75) is 6.18 Å². The Hall–Kier alpha value is -2.21. The molecular weight excluding hydrogens is 305 g/mol. The smallest absolute Gasteiger partial charge is 0.398 e. The molecule has 21 heavy (non-hydrogen) atoms. The van der Waals surface area contributed by atoms with Crippen LogP contribution in [0.5, 0.6) is 0 Å². The Balaban J connectivity index is 2.30. The lowest BCUT2D eigenvalue weighted by atomic mass is 10.1. The minimum atomic E-state index is -4.55. The van der Waals surface area contributed by atoms with Crippen LogP contribution >= 0.6 is 11.6 Å². The number of hydrogen-bond donors (Lipinski definition) is 2. The molecule has 3 nitrogen and oxygen atoms in total. The number of alkyl halides is 3. The first-order valence-electron chi connectivity index (χ1n) is 5.81. The third-order valence-electron chi connectivity index (χ3n) is 2.69. The predicted molar refractivity (Wildman–Crippen MR) is 75.3 cm³/mol. The van der Waals surface area contributed by atoms with Gasteiger partial charge in [0.05, 0.1) is 11.1 Å². The minimum absolute atomic E-state index is 0.0527. The van der Waals surface area contributed by atoms with Crippen LogP contribution in [-0.2, 0) is 6.18 Å². The molecule has 1 amide bonds. The predicted octanol–water partition coefficient (Wildman–Crippen LogP) is 4.19. The van der Waals surface area contributed by atoms with Crippen molar-refractivity contribution in [2.75, 3.05) is 11.1 Å². The molecule has 0 saturated carbocycles. The molecule has 0 heterocycles. The number of hydrogen-bond acceptors (Lipinski definition) is 2. The van der Waals surface area contributed by atoms with Gasteiger partial charge in [0.15, 0.2) is 0 Å². The van der Waals surface area contributed by atoms with E-state index in [0.717, 1.165) is 12.1 Å². The first-order chi connectivity index (χ1) is 9.77. The Morgan fingerprint density at radius 1 is 1.14 bits per heavy atom. The third-order valence-corrected chi connectivity index (χ3v) is 2.91. The van der Waals surface area contributed by atoms with Gasteiger partial charge in [-0.05, 0) is 30.3 Å². The molecule has 7 heteroatoms. The Morgan fingerprint density at radius 2 is 1.81 bits per heavy atom. The largest absolute Gasteiger partial charge is 0.416 e. The molecule has 2 aromatic rings. The molecule has 2 aromatic carbocycles. The van der Waals surface area contributed by atoms with E-state index in [1.54, 1.807) is 12.1 Å². The first kappa shape index (κ1) is 15.2. The van der Waals surface area contributed by atoms with Crippen LogP contribution in [0.1, 0.15) is 15.9 Å². The summed E-state index contributed by atoms with van der Waals surface area (Å²) in [6, 6.07) is 9.07. The number of rotatable bonds is 2. The summed E-state index contributed by atoms with van der Waals surface area (Å²) in [5.74, 6) is -0.608. The lowest BCUT2D eigenvalue weighted by Crippen LogP contribution is -2.15. The lowest BCUT2D eigenvalue weighted by molar-refractivity contribution is -0.137. The summed E-state index contributed by atoms with van der Waals surface area (Å²) in [5, 5.41) is 2.23. The zero-order chi connectivity index (χ0) is 15.6. The van der Waals surface area contributed by atoms with Crippen LogP contribution in [0.2, 0.25) is 5.02 Å². The van der Waals surface area contributed by atoms with Gasteiger partial charge in [-0.25, -0.2) is 0 Å². The zero-order valence-corrected chi connectivity index (χ0v) is 11.3. The van der Waals surface area contributed by atoms with Gasteiger partial charge in [0.1, 0.15) is 0 Å². The topological polar surface area (TPSA) is 55.1 Å². The molecule has 2 rings (SSSR count). The fourth-order valence-electron chi connectivity index (χ4n) is 1.73. The molecule has 0 fully saturated rings. The van der Waals surface area contributed by atoms with Crippen molar-refractivity contribution in [1.82, 2.24) is 0 Å². The first-order valence-corrected chi connectivity index (χ1v) is 6.19. The Bertz CT molecular complexity index is 686.